The summed E-state index contributed by atoms with van der Waals surface area (Å²) in [5.41, 5.74) is -1.63. The van der Waals surface area contributed by atoms with E-state index < -0.39 is 35.9 Å². The molecule has 24 heavy (non-hydrogen) atoms. The molecule has 1 aliphatic carbocycles. The van der Waals surface area contributed by atoms with Crippen molar-refractivity contribution in [2.75, 3.05) is 0 Å². The van der Waals surface area contributed by atoms with Crippen molar-refractivity contribution in [3.8, 4) is 0 Å². The van der Waals surface area contributed by atoms with Gasteiger partial charge < -0.3 is 14.6 Å². The highest BCUT2D eigenvalue weighted by Crippen LogP contribution is 2.36. The predicted octanol–water partition coefficient (Wildman–Crippen LogP) is 2.55. The van der Waals surface area contributed by atoms with Crippen molar-refractivity contribution in [1.82, 2.24) is 5.32 Å². The van der Waals surface area contributed by atoms with Crippen LogP contribution in [-0.2, 0) is 9.31 Å². The van der Waals surface area contributed by atoms with E-state index in [2.05, 4.69) is 5.32 Å². The molecule has 0 unspecified atom stereocenters. The summed E-state index contributed by atoms with van der Waals surface area (Å²) in [4.78, 5) is 12.1. The van der Waals surface area contributed by atoms with Gasteiger partial charge in [-0.15, -0.1) is 0 Å². The minimum absolute atomic E-state index is 0.0358. The molecule has 0 atom stereocenters. The van der Waals surface area contributed by atoms with Crippen LogP contribution in [0.25, 0.3) is 0 Å². The fourth-order valence-electron chi connectivity index (χ4n) is 2.71. The van der Waals surface area contributed by atoms with Gasteiger partial charge >= 0.3 is 7.12 Å². The molecule has 0 bridgehead atoms. The first-order valence-corrected chi connectivity index (χ1v) is 8.27. The van der Waals surface area contributed by atoms with E-state index in [1.165, 1.54) is 12.1 Å². The monoisotopic (exact) mass is 337 g/mol. The fraction of sp³-hybridized carbons (Fsp3) is 0.588. The zero-order valence-electron chi connectivity index (χ0n) is 14.4. The Kier molecular flexibility index (Phi) is 4.20. The molecule has 0 aromatic heterocycles. The van der Waals surface area contributed by atoms with Crippen molar-refractivity contribution < 1.29 is 22.9 Å². The molecule has 3 rings (SSSR count). The number of carbonyl (C=O) groups excluding carboxylic acids is 1. The van der Waals surface area contributed by atoms with Crippen LogP contribution in [0.15, 0.2) is 12.1 Å². The number of nitrogens with one attached hydrogen (secondary N) is 1. The normalized spacial score (nSPS) is 22.3. The van der Waals surface area contributed by atoms with E-state index in [4.69, 9.17) is 9.31 Å². The Morgan fingerprint density at radius 3 is 2.21 bits per heavy atom. The van der Waals surface area contributed by atoms with E-state index in [0.29, 0.717) is 0 Å². The molecular weight excluding hydrogens is 315 g/mol. The molecule has 1 aromatic rings. The molecule has 0 spiro atoms. The lowest BCUT2D eigenvalue weighted by atomic mass is 9.78. The summed E-state index contributed by atoms with van der Waals surface area (Å²) in [6.07, 6.45) is 2.80. The third kappa shape index (κ3) is 2.84. The van der Waals surface area contributed by atoms with E-state index in [-0.39, 0.29) is 17.1 Å². The lowest BCUT2D eigenvalue weighted by Gasteiger charge is -2.32. The Labute approximate surface area is 141 Å². The van der Waals surface area contributed by atoms with Crippen LogP contribution in [-0.4, -0.2) is 30.3 Å². The van der Waals surface area contributed by atoms with Gasteiger partial charge in [-0.05, 0) is 53.0 Å². The van der Waals surface area contributed by atoms with Gasteiger partial charge in [-0.1, -0.05) is 6.07 Å². The summed E-state index contributed by atoms with van der Waals surface area (Å²) in [6.45, 7) is 7.34. The summed E-state index contributed by atoms with van der Waals surface area (Å²) in [5.74, 6) is -2.86. The number of benzene rings is 1. The second-order valence-corrected chi connectivity index (χ2v) is 7.52. The van der Waals surface area contributed by atoms with Crippen LogP contribution < -0.4 is 10.8 Å². The van der Waals surface area contributed by atoms with Crippen LogP contribution >= 0.6 is 0 Å². The fourth-order valence-corrected chi connectivity index (χ4v) is 2.71. The second-order valence-electron chi connectivity index (χ2n) is 7.52. The van der Waals surface area contributed by atoms with Gasteiger partial charge in [0.05, 0.1) is 16.8 Å². The molecule has 2 aliphatic rings. The molecule has 1 amide bonds. The summed E-state index contributed by atoms with van der Waals surface area (Å²) >= 11 is 0. The minimum Gasteiger partial charge on any atom is -0.399 e. The standard InChI is InChI=1S/C17H22BF2NO3/c1-16(2)17(3,4)24-18(23-16)12-9-8-11(13(19)14(12)20)15(22)21-10-6-5-7-10/h8-10H,5-7H2,1-4H3,(H,21,22). The Balaban J connectivity index is 1.84. The first kappa shape index (κ1) is 17.4. The topological polar surface area (TPSA) is 47.6 Å². The van der Waals surface area contributed by atoms with E-state index in [1.54, 1.807) is 0 Å². The van der Waals surface area contributed by atoms with Gasteiger partial charge in [0.25, 0.3) is 5.91 Å². The molecule has 1 aliphatic heterocycles. The highest BCUT2D eigenvalue weighted by atomic mass is 19.2. The van der Waals surface area contributed by atoms with Crippen LogP contribution in [0.2, 0.25) is 0 Å². The highest BCUT2D eigenvalue weighted by Gasteiger charge is 2.52. The average molecular weight is 337 g/mol. The van der Waals surface area contributed by atoms with Crippen molar-refractivity contribution >= 4 is 18.5 Å². The minimum atomic E-state index is -1.17. The third-order valence-corrected chi connectivity index (χ3v) is 5.30. The molecule has 1 saturated carbocycles. The zero-order valence-corrected chi connectivity index (χ0v) is 14.4. The molecule has 1 heterocycles. The Hall–Kier alpha value is -1.47. The number of hydrogen-bond donors (Lipinski definition) is 1. The van der Waals surface area contributed by atoms with E-state index in [1.807, 2.05) is 27.7 Å². The van der Waals surface area contributed by atoms with Gasteiger partial charge in [0, 0.05) is 11.5 Å². The highest BCUT2D eigenvalue weighted by molar-refractivity contribution is 6.62. The van der Waals surface area contributed by atoms with Gasteiger partial charge in [-0.2, -0.15) is 0 Å². The van der Waals surface area contributed by atoms with Crippen LogP contribution in [0.1, 0.15) is 57.3 Å². The summed E-state index contributed by atoms with van der Waals surface area (Å²) < 4.78 is 40.4. The van der Waals surface area contributed by atoms with Gasteiger partial charge in [-0.3, -0.25) is 4.79 Å². The lowest BCUT2D eigenvalue weighted by molar-refractivity contribution is 0.00578. The number of amides is 1. The molecule has 1 aromatic carbocycles. The van der Waals surface area contributed by atoms with Crippen molar-refractivity contribution in [2.45, 2.75) is 64.2 Å². The van der Waals surface area contributed by atoms with Crippen molar-refractivity contribution in [3.63, 3.8) is 0 Å². The molecule has 0 radical (unpaired) electrons. The summed E-state index contributed by atoms with van der Waals surface area (Å²) in [7, 11) is -1.01. The number of rotatable bonds is 3. The Morgan fingerprint density at radius 1 is 1.12 bits per heavy atom. The van der Waals surface area contributed by atoms with Crippen LogP contribution in [0.5, 0.6) is 0 Å². The third-order valence-electron chi connectivity index (χ3n) is 5.30. The Morgan fingerprint density at radius 2 is 1.71 bits per heavy atom. The number of carbonyl (C=O) groups is 1. The zero-order chi connectivity index (χ0) is 17.7. The van der Waals surface area contributed by atoms with Gasteiger partial charge in [0.1, 0.15) is 0 Å². The first-order chi connectivity index (χ1) is 11.1. The van der Waals surface area contributed by atoms with Crippen molar-refractivity contribution in [2.24, 2.45) is 0 Å². The van der Waals surface area contributed by atoms with Gasteiger partial charge in [-0.25, -0.2) is 8.78 Å². The largest absolute Gasteiger partial charge is 0.497 e. The van der Waals surface area contributed by atoms with Crippen LogP contribution in [0, 0.1) is 11.6 Å². The SMILES string of the molecule is CC1(C)OB(c2ccc(C(=O)NC3CCC3)c(F)c2F)OC1(C)C. The lowest BCUT2D eigenvalue weighted by Crippen LogP contribution is -2.41. The predicted molar refractivity (Wildman–Crippen MR) is 87.2 cm³/mol. The molecular formula is C17H22BF2NO3. The van der Waals surface area contributed by atoms with E-state index in [9.17, 15) is 13.6 Å². The maximum absolute atomic E-state index is 14.5. The molecule has 4 nitrogen and oxygen atoms in total. The van der Waals surface area contributed by atoms with Gasteiger partial charge in [0.2, 0.25) is 0 Å². The molecule has 1 saturated heterocycles. The maximum atomic E-state index is 14.5. The summed E-state index contributed by atoms with van der Waals surface area (Å²) in [6, 6.07) is 2.70. The van der Waals surface area contributed by atoms with Crippen LogP contribution in [0.4, 0.5) is 8.78 Å². The maximum Gasteiger partial charge on any atom is 0.497 e. The number of hydrogen-bond acceptors (Lipinski definition) is 3. The van der Waals surface area contributed by atoms with E-state index in [0.717, 1.165) is 19.3 Å². The number of halogens is 2. The smallest absolute Gasteiger partial charge is 0.399 e. The molecule has 130 valence electrons. The van der Waals surface area contributed by atoms with Crippen LogP contribution in [0.3, 0.4) is 0 Å². The average Bonchev–Trinajstić information content (AvgIpc) is 2.65. The van der Waals surface area contributed by atoms with Crippen molar-refractivity contribution in [3.05, 3.63) is 29.3 Å². The quantitative estimate of drug-likeness (QED) is 0.863. The second kappa shape index (κ2) is 5.81. The van der Waals surface area contributed by atoms with Gasteiger partial charge in [0.15, 0.2) is 11.6 Å². The molecule has 2 fully saturated rings. The van der Waals surface area contributed by atoms with Crippen molar-refractivity contribution in [1.29, 1.82) is 0 Å². The molecule has 1 N–H and O–H groups in total. The Bertz CT molecular complexity index is 658. The van der Waals surface area contributed by atoms with E-state index >= 15 is 0 Å². The summed E-state index contributed by atoms with van der Waals surface area (Å²) in [5, 5.41) is 2.71. The molecule has 7 heteroatoms. The first-order valence-electron chi connectivity index (χ1n) is 8.27.